The third-order valence-electron chi connectivity index (χ3n) is 2.72. The van der Waals surface area contributed by atoms with Crippen molar-refractivity contribution in [3.05, 3.63) is 18.2 Å². The van der Waals surface area contributed by atoms with E-state index < -0.39 is 0 Å². The second-order valence-electron chi connectivity index (χ2n) is 4.61. The van der Waals surface area contributed by atoms with E-state index in [-0.39, 0.29) is 12.4 Å². The molecule has 0 fully saturated rings. The first-order valence-electron chi connectivity index (χ1n) is 5.69. The summed E-state index contributed by atoms with van der Waals surface area (Å²) < 4.78 is 11.0. The Morgan fingerprint density at radius 2 is 2.06 bits per heavy atom. The Balaban J connectivity index is 1.88. The molecule has 0 spiro atoms. The predicted molar refractivity (Wildman–Crippen MR) is 69.8 cm³/mol. The number of rotatable bonds is 5. The molecule has 2 radical (unpaired) electrons. The van der Waals surface area contributed by atoms with Gasteiger partial charge in [-0.2, -0.15) is 0 Å². The van der Waals surface area contributed by atoms with Crippen molar-refractivity contribution in [1.29, 1.82) is 0 Å². The Kier molecular flexibility index (Phi) is 3.47. The topological polar surface area (TPSA) is 42.5 Å². The first-order valence-corrected chi connectivity index (χ1v) is 5.69. The number of ether oxygens (including phenoxy) is 2. The number of fused-ring (bicyclic) bond motifs is 1. The summed E-state index contributed by atoms with van der Waals surface area (Å²) in [6.45, 7) is 4.83. The average Bonchev–Trinajstić information content (AvgIpc) is 2.76. The highest BCUT2D eigenvalue weighted by Crippen LogP contribution is 2.30. The lowest BCUT2D eigenvalue weighted by Crippen LogP contribution is -2.25. The Bertz CT molecular complexity index is 396. The molecular formula is C12H17BN2O2. The largest absolute Gasteiger partial charge is 0.467 e. The maximum Gasteiger partial charge on any atom is 0.189 e. The SMILES string of the molecule is [B]CC(C)(C)OCOc1ccc2c(c1)NCN2. The molecule has 1 aromatic rings. The number of hydrogen-bond acceptors (Lipinski definition) is 4. The second-order valence-corrected chi connectivity index (χ2v) is 4.61. The molecular weight excluding hydrogens is 215 g/mol. The summed E-state index contributed by atoms with van der Waals surface area (Å²) in [5, 5.41) is 6.41. The van der Waals surface area contributed by atoms with Crippen LogP contribution in [0.5, 0.6) is 5.75 Å². The monoisotopic (exact) mass is 232 g/mol. The lowest BCUT2D eigenvalue weighted by Gasteiger charge is -2.23. The highest BCUT2D eigenvalue weighted by molar-refractivity contribution is 6.09. The maximum absolute atomic E-state index is 5.56. The van der Waals surface area contributed by atoms with Crippen LogP contribution in [0.1, 0.15) is 13.8 Å². The smallest absolute Gasteiger partial charge is 0.189 e. The van der Waals surface area contributed by atoms with Crippen LogP contribution < -0.4 is 15.4 Å². The van der Waals surface area contributed by atoms with Crippen molar-refractivity contribution in [3.8, 4) is 5.75 Å². The van der Waals surface area contributed by atoms with E-state index in [1.54, 1.807) is 0 Å². The second kappa shape index (κ2) is 4.88. The van der Waals surface area contributed by atoms with Crippen molar-refractivity contribution >= 4 is 19.2 Å². The molecule has 2 N–H and O–H groups in total. The van der Waals surface area contributed by atoms with Crippen molar-refractivity contribution in [1.82, 2.24) is 0 Å². The van der Waals surface area contributed by atoms with Gasteiger partial charge in [-0.15, -0.1) is 0 Å². The highest BCUT2D eigenvalue weighted by atomic mass is 16.7. The lowest BCUT2D eigenvalue weighted by atomic mass is 9.90. The van der Waals surface area contributed by atoms with Crippen LogP contribution in [0.25, 0.3) is 0 Å². The van der Waals surface area contributed by atoms with Crippen LogP contribution in [0, 0.1) is 0 Å². The van der Waals surface area contributed by atoms with Crippen LogP contribution in [-0.4, -0.2) is 26.9 Å². The molecule has 0 aromatic heterocycles. The number of anilines is 2. The summed E-state index contributed by atoms with van der Waals surface area (Å²) in [5.41, 5.74) is 1.80. The van der Waals surface area contributed by atoms with Crippen LogP contribution in [0.4, 0.5) is 11.4 Å². The minimum atomic E-state index is -0.351. The van der Waals surface area contributed by atoms with Crippen molar-refractivity contribution in [3.63, 3.8) is 0 Å². The zero-order valence-corrected chi connectivity index (χ0v) is 10.2. The molecule has 0 bridgehead atoms. The van der Waals surface area contributed by atoms with Gasteiger partial charge in [0.05, 0.1) is 31.5 Å². The fourth-order valence-corrected chi connectivity index (χ4v) is 1.46. The molecule has 1 heterocycles. The molecule has 2 rings (SSSR count). The van der Waals surface area contributed by atoms with Crippen LogP contribution >= 0.6 is 0 Å². The molecule has 1 aliphatic heterocycles. The van der Waals surface area contributed by atoms with E-state index in [0.717, 1.165) is 23.8 Å². The van der Waals surface area contributed by atoms with Gasteiger partial charge in [-0.25, -0.2) is 0 Å². The third kappa shape index (κ3) is 3.06. The van der Waals surface area contributed by atoms with Crippen molar-refractivity contribution < 1.29 is 9.47 Å². The van der Waals surface area contributed by atoms with E-state index in [1.165, 1.54) is 0 Å². The molecule has 5 heteroatoms. The van der Waals surface area contributed by atoms with Crippen LogP contribution in [0.2, 0.25) is 6.32 Å². The molecule has 1 aromatic carbocycles. The first-order chi connectivity index (χ1) is 8.11. The summed E-state index contributed by atoms with van der Waals surface area (Å²) >= 11 is 0. The normalized spacial score (nSPS) is 13.8. The number of benzene rings is 1. The van der Waals surface area contributed by atoms with Crippen molar-refractivity contribution in [2.24, 2.45) is 0 Å². The van der Waals surface area contributed by atoms with Crippen LogP contribution in [-0.2, 0) is 4.74 Å². The fraction of sp³-hybridized carbons (Fsp3) is 0.500. The molecule has 0 aliphatic carbocycles. The van der Waals surface area contributed by atoms with Gasteiger partial charge in [0.1, 0.15) is 5.75 Å². The van der Waals surface area contributed by atoms with Gasteiger partial charge in [0, 0.05) is 6.07 Å². The summed E-state index contributed by atoms with van der Waals surface area (Å²) in [7, 11) is 5.56. The maximum atomic E-state index is 5.56. The number of hydrogen-bond donors (Lipinski definition) is 2. The number of nitrogens with one attached hydrogen (secondary N) is 2. The molecule has 0 unspecified atom stereocenters. The van der Waals surface area contributed by atoms with E-state index in [2.05, 4.69) is 10.6 Å². The van der Waals surface area contributed by atoms with Crippen LogP contribution in [0.15, 0.2) is 18.2 Å². The highest BCUT2D eigenvalue weighted by Gasteiger charge is 2.15. The van der Waals surface area contributed by atoms with Crippen molar-refractivity contribution in [2.75, 3.05) is 24.1 Å². The summed E-state index contributed by atoms with van der Waals surface area (Å²) in [6, 6.07) is 5.85. The van der Waals surface area contributed by atoms with E-state index in [9.17, 15) is 0 Å². The van der Waals surface area contributed by atoms with Gasteiger partial charge < -0.3 is 20.1 Å². The molecule has 0 saturated carbocycles. The van der Waals surface area contributed by atoms with Crippen LogP contribution in [0.3, 0.4) is 0 Å². The molecule has 4 nitrogen and oxygen atoms in total. The Labute approximate surface area is 103 Å². The summed E-state index contributed by atoms with van der Waals surface area (Å²) in [6.07, 6.45) is 0.464. The zero-order chi connectivity index (χ0) is 12.3. The quantitative estimate of drug-likeness (QED) is 0.603. The fourth-order valence-electron chi connectivity index (χ4n) is 1.46. The van der Waals surface area contributed by atoms with Gasteiger partial charge in [-0.05, 0) is 26.0 Å². The Morgan fingerprint density at radius 1 is 1.29 bits per heavy atom. The molecule has 90 valence electrons. The Hall–Kier alpha value is -1.36. The minimum Gasteiger partial charge on any atom is -0.467 e. The predicted octanol–water partition coefficient (Wildman–Crippen LogP) is 2.20. The minimum absolute atomic E-state index is 0.205. The third-order valence-corrected chi connectivity index (χ3v) is 2.72. The van der Waals surface area contributed by atoms with E-state index in [1.807, 2.05) is 32.0 Å². The zero-order valence-electron chi connectivity index (χ0n) is 10.2. The average molecular weight is 232 g/mol. The first kappa shape index (κ1) is 12.1. The van der Waals surface area contributed by atoms with Gasteiger partial charge >= 0.3 is 0 Å². The molecule has 0 saturated heterocycles. The van der Waals surface area contributed by atoms with Gasteiger partial charge in [-0.3, -0.25) is 0 Å². The molecule has 0 atom stereocenters. The van der Waals surface area contributed by atoms with E-state index in [0.29, 0.717) is 6.32 Å². The Morgan fingerprint density at radius 3 is 2.82 bits per heavy atom. The molecule has 1 aliphatic rings. The standard InChI is InChI=1S/C12H17BN2O2/c1-12(2,6-13)17-8-16-9-3-4-10-11(5-9)15-7-14-10/h3-5,14-15H,6-8H2,1-2H3. The van der Waals surface area contributed by atoms with Gasteiger partial charge in [0.15, 0.2) is 6.79 Å². The van der Waals surface area contributed by atoms with E-state index >= 15 is 0 Å². The van der Waals surface area contributed by atoms with Gasteiger partial charge in [0.2, 0.25) is 0 Å². The summed E-state index contributed by atoms with van der Waals surface area (Å²) in [4.78, 5) is 0. The van der Waals surface area contributed by atoms with E-state index in [4.69, 9.17) is 17.3 Å². The lowest BCUT2D eigenvalue weighted by molar-refractivity contribution is -0.0753. The van der Waals surface area contributed by atoms with Gasteiger partial charge in [-0.1, -0.05) is 6.32 Å². The molecule has 17 heavy (non-hydrogen) atoms. The summed E-state index contributed by atoms with van der Waals surface area (Å²) in [5.74, 6) is 0.785. The molecule has 0 amide bonds. The van der Waals surface area contributed by atoms with Gasteiger partial charge in [0.25, 0.3) is 0 Å². The van der Waals surface area contributed by atoms with Crippen molar-refractivity contribution in [2.45, 2.75) is 25.8 Å².